The summed E-state index contributed by atoms with van der Waals surface area (Å²) < 4.78 is 81.5. The van der Waals surface area contributed by atoms with Crippen LogP contribution in [0.2, 0.25) is 60.3 Å². The smallest absolute Gasteiger partial charge is 0.506 e. The van der Waals surface area contributed by atoms with Gasteiger partial charge in [0.15, 0.2) is 37.2 Å². The number of alkyl carbamates (subject to hydrolysis) is 2. The Labute approximate surface area is 627 Å². The van der Waals surface area contributed by atoms with E-state index in [1.54, 1.807) is 43.5 Å². The third-order valence-electron chi connectivity index (χ3n) is 11.0. The molecule has 0 fully saturated rings. The van der Waals surface area contributed by atoms with E-state index in [1.807, 2.05) is 41.5 Å². The molecule has 0 aliphatic heterocycles. The van der Waals surface area contributed by atoms with Crippen LogP contribution in [0.15, 0.2) is 78.9 Å². The predicted molar refractivity (Wildman–Crippen MR) is 384 cm³/mol. The Kier molecular flexibility index (Phi) is 42.5. The van der Waals surface area contributed by atoms with Gasteiger partial charge in [-0.2, -0.15) is 21.6 Å². The zero-order valence-corrected chi connectivity index (χ0v) is 62.8. The first-order chi connectivity index (χ1) is 45.1. The van der Waals surface area contributed by atoms with Gasteiger partial charge in [-0.15, -0.1) is 0 Å². The van der Waals surface area contributed by atoms with E-state index in [2.05, 4.69) is 26.7 Å². The van der Waals surface area contributed by atoms with E-state index in [-0.39, 0.29) is 40.4 Å². The molecular formula is C64H61BCl12F3N2O15S. The molecule has 0 bridgehead atoms. The SMILES string of the molecule is CC(C)(C)OC(=O)NCCCC#Cc1cc(Cl)c(C=O)cc1Cl.CC(C)(C)OC(=O)NCCCCCc1cc(Cl)c(C=O)cc1Cl.COc1cc(Cl)c(C=O)cc1Cl.COc1cc(Cl)ccc1Cl.O=Cc1cc(Cl)c(O)cc1Cl.O=Cc1cc(Cl)c(OS(=O)(=O)C(F)(F)F)cc1Cl.[B]. The van der Waals surface area contributed by atoms with Gasteiger partial charge in [-0.3, -0.25) is 24.0 Å². The zero-order valence-electron chi connectivity index (χ0n) is 52.9. The minimum Gasteiger partial charge on any atom is -0.506 e. The van der Waals surface area contributed by atoms with Gasteiger partial charge >= 0.3 is 27.8 Å². The van der Waals surface area contributed by atoms with Crippen LogP contribution < -0.4 is 24.3 Å². The molecule has 0 atom stereocenters. The fourth-order valence-corrected chi connectivity index (χ4v) is 9.55. The van der Waals surface area contributed by atoms with Crippen LogP contribution in [0, 0.1) is 11.8 Å². The maximum absolute atomic E-state index is 12.1. The summed E-state index contributed by atoms with van der Waals surface area (Å²) in [5.41, 5.74) is -3.81. The van der Waals surface area contributed by atoms with Crippen molar-refractivity contribution in [2.24, 2.45) is 0 Å². The summed E-state index contributed by atoms with van der Waals surface area (Å²) in [5, 5.41) is 17.5. The number of ether oxygens (including phenoxy) is 4. The summed E-state index contributed by atoms with van der Waals surface area (Å²) in [5.74, 6) is 5.99. The van der Waals surface area contributed by atoms with Crippen molar-refractivity contribution in [1.29, 1.82) is 0 Å². The molecule has 531 valence electrons. The minimum atomic E-state index is -5.84. The van der Waals surface area contributed by atoms with Crippen molar-refractivity contribution in [3.05, 3.63) is 178 Å². The Morgan fingerprint density at radius 3 is 1.34 bits per heavy atom. The minimum absolute atomic E-state index is 0. The third-order valence-corrected chi connectivity index (χ3v) is 15.7. The van der Waals surface area contributed by atoms with Crippen LogP contribution in [0.1, 0.15) is 137 Å². The maximum atomic E-state index is 12.1. The van der Waals surface area contributed by atoms with Crippen LogP contribution in [-0.4, -0.2) is 110 Å². The van der Waals surface area contributed by atoms with Gasteiger partial charge in [-0.25, -0.2) is 9.59 Å². The number of amides is 2. The standard InChI is InChI=1S/C17H23Cl2NO3.C17H19Cl2NO3.C8H3Cl2F3O4S.C8H6Cl2O2.C7H4Cl2O2.C7H6Cl2O.B/c2*1-17(2,3)23-16(22)20-8-6-4-5-7-12-9-15(19)13(11-21)10-14(12)18;9-5-2-7(6(10)1-4(5)3-14)17-18(15,16)8(11,12)13;1-12-8-3-6(9)5(4-11)2-7(8)10;8-5-2-7(11)6(9)1-4(5)3-10;1-10-7-4-5(8)2-3-6(7)9;/h9-11H,4-8H2,1-3H3,(H,20,22);9-11H,4,6,8H2,1-3H3,(H,20,22);1-3H;2-4H,1H3;1-3,11H;2-4H,1H3;. The number of unbranched alkanes of at least 4 members (excludes halogenated alkanes) is 3. The van der Waals surface area contributed by atoms with Crippen molar-refractivity contribution >= 4 is 201 Å². The van der Waals surface area contributed by atoms with Crippen molar-refractivity contribution in [2.45, 2.75) is 96.8 Å². The second-order valence-corrected chi connectivity index (χ2v) is 27.3. The second-order valence-electron chi connectivity index (χ2n) is 20.9. The number of hydrogen-bond donors (Lipinski definition) is 3. The van der Waals surface area contributed by atoms with E-state index in [9.17, 15) is 55.2 Å². The number of rotatable bonds is 18. The number of aldehydes is 5. The van der Waals surface area contributed by atoms with Crippen molar-refractivity contribution in [2.75, 3.05) is 27.3 Å². The Morgan fingerprint density at radius 2 is 0.888 bits per heavy atom. The highest BCUT2D eigenvalue weighted by Crippen LogP contribution is 2.36. The molecule has 34 heteroatoms. The second kappa shape index (κ2) is 45.2. The number of alkyl halides is 3. The van der Waals surface area contributed by atoms with Gasteiger partial charge < -0.3 is 38.9 Å². The van der Waals surface area contributed by atoms with Crippen LogP contribution in [0.4, 0.5) is 22.8 Å². The number of carbonyl (C=O) groups is 7. The number of aryl methyl sites for hydroxylation is 1. The Balaban J connectivity index is 0.00000118. The van der Waals surface area contributed by atoms with Crippen LogP contribution in [0.3, 0.4) is 0 Å². The first-order valence-electron chi connectivity index (χ1n) is 27.5. The monoisotopic (exact) mass is 1620 g/mol. The highest BCUT2D eigenvalue weighted by Gasteiger charge is 2.49. The lowest BCUT2D eigenvalue weighted by molar-refractivity contribution is -0.0500. The van der Waals surface area contributed by atoms with Crippen molar-refractivity contribution in [1.82, 2.24) is 10.6 Å². The van der Waals surface area contributed by atoms with Gasteiger partial charge in [-0.1, -0.05) is 157 Å². The summed E-state index contributed by atoms with van der Waals surface area (Å²) >= 11 is 68.9. The molecule has 17 nitrogen and oxygen atoms in total. The molecule has 3 radical (unpaired) electrons. The molecule has 6 aromatic rings. The number of hydrogen-bond acceptors (Lipinski definition) is 15. The molecule has 2 amide bonds. The van der Waals surface area contributed by atoms with E-state index in [4.69, 9.17) is 163 Å². The summed E-state index contributed by atoms with van der Waals surface area (Å²) in [6.45, 7) is 12.0. The van der Waals surface area contributed by atoms with Crippen LogP contribution in [0.25, 0.3) is 0 Å². The van der Waals surface area contributed by atoms with Crippen LogP contribution >= 0.6 is 139 Å². The fourth-order valence-electron chi connectivity index (χ4n) is 6.52. The average Bonchev–Trinajstić information content (AvgIpc) is 0.819. The van der Waals surface area contributed by atoms with E-state index in [0.717, 1.165) is 37.3 Å². The van der Waals surface area contributed by atoms with E-state index >= 15 is 0 Å². The summed E-state index contributed by atoms with van der Waals surface area (Å²) in [4.78, 5) is 75.5. The van der Waals surface area contributed by atoms with E-state index < -0.39 is 49.8 Å². The van der Waals surface area contributed by atoms with Gasteiger partial charge in [0, 0.05) is 95.6 Å². The number of methoxy groups -OCH3 is 2. The molecule has 6 rings (SSSR count). The highest BCUT2D eigenvalue weighted by molar-refractivity contribution is 7.88. The van der Waals surface area contributed by atoms with Gasteiger partial charge in [0.2, 0.25) is 0 Å². The first-order valence-corrected chi connectivity index (χ1v) is 33.4. The molecule has 0 unspecified atom stereocenters. The maximum Gasteiger partial charge on any atom is 0.534 e. The average molecular weight is 1620 g/mol. The Hall–Kier alpha value is -5.75. The lowest BCUT2D eigenvalue weighted by Gasteiger charge is -2.19. The first kappa shape index (κ1) is 92.3. The van der Waals surface area contributed by atoms with Crippen LogP contribution in [0.5, 0.6) is 23.0 Å². The topological polar surface area (TPSA) is 244 Å². The molecule has 3 N–H and O–H groups in total. The Morgan fingerprint density at radius 1 is 0.490 bits per heavy atom. The largest absolute Gasteiger partial charge is 0.534 e. The number of aromatic hydroxyl groups is 1. The van der Waals surface area contributed by atoms with Crippen molar-refractivity contribution < 1.29 is 83.4 Å². The number of nitrogens with one attached hydrogen (secondary N) is 2. The summed E-state index contributed by atoms with van der Waals surface area (Å²) in [6, 6.07) is 18.6. The number of benzene rings is 6. The lowest BCUT2D eigenvalue weighted by atomic mass is 10.1. The molecule has 98 heavy (non-hydrogen) atoms. The van der Waals surface area contributed by atoms with E-state index in [1.165, 1.54) is 37.4 Å². The predicted octanol–water partition coefficient (Wildman–Crippen LogP) is 20.5. The number of phenols is 1. The number of phenolic OH excluding ortho intramolecular Hbond substituents is 1. The number of halogens is 15. The summed E-state index contributed by atoms with van der Waals surface area (Å²) in [7, 11) is -2.80. The molecule has 0 aromatic heterocycles. The molecule has 0 saturated heterocycles. The highest BCUT2D eigenvalue weighted by atomic mass is 35.5. The molecular weight excluding hydrogens is 1560 g/mol. The van der Waals surface area contributed by atoms with Crippen molar-refractivity contribution in [3.63, 3.8) is 0 Å². The summed E-state index contributed by atoms with van der Waals surface area (Å²) in [6.07, 6.45) is 6.81. The van der Waals surface area contributed by atoms with Crippen molar-refractivity contribution in [3.8, 4) is 34.8 Å². The molecule has 0 heterocycles. The number of carbonyl (C=O) groups excluding carboxylic acids is 7. The third kappa shape index (κ3) is 35.0. The van der Waals surface area contributed by atoms with Gasteiger partial charge in [0.1, 0.15) is 28.5 Å². The molecule has 0 aliphatic rings. The Bertz CT molecular complexity index is 3890. The van der Waals surface area contributed by atoms with Crippen LogP contribution in [-0.2, 0) is 26.0 Å². The zero-order chi connectivity index (χ0) is 74.2. The van der Waals surface area contributed by atoms with Gasteiger partial charge in [0.25, 0.3) is 0 Å². The molecule has 0 aliphatic carbocycles. The normalized spacial score (nSPS) is 10.6. The van der Waals surface area contributed by atoms with Gasteiger partial charge in [0.05, 0.1) is 64.4 Å². The quantitative estimate of drug-likeness (QED) is 0.0181. The van der Waals surface area contributed by atoms with Gasteiger partial charge in [-0.05, 0) is 127 Å². The van der Waals surface area contributed by atoms with E-state index in [0.29, 0.717) is 137 Å². The molecule has 6 aromatic carbocycles. The molecule has 0 spiro atoms. The molecule has 0 saturated carbocycles. The fraction of sp³-hybridized carbons (Fsp3) is 0.297. The lowest BCUT2D eigenvalue weighted by Crippen LogP contribution is -2.33.